The summed E-state index contributed by atoms with van der Waals surface area (Å²) in [5.41, 5.74) is 1.30. The molecule has 0 spiro atoms. The fourth-order valence-electron chi connectivity index (χ4n) is 3.21. The minimum Gasteiger partial charge on any atom is -0.369 e. The minimum atomic E-state index is 0. The smallest absolute Gasteiger partial charge is 0.0407 e. The Morgan fingerprint density at radius 3 is 2.43 bits per heavy atom. The summed E-state index contributed by atoms with van der Waals surface area (Å²) in [5, 5.41) is 4.27. The van der Waals surface area contributed by atoms with Gasteiger partial charge in [0.1, 0.15) is 0 Å². The zero-order valence-corrected chi connectivity index (χ0v) is 14.0. The van der Waals surface area contributed by atoms with E-state index in [1.165, 1.54) is 51.3 Å². The van der Waals surface area contributed by atoms with Crippen molar-refractivity contribution in [3.05, 3.63) is 29.3 Å². The van der Waals surface area contributed by atoms with Gasteiger partial charge in [-0.3, -0.25) is 4.90 Å². The van der Waals surface area contributed by atoms with E-state index in [1.54, 1.807) is 0 Å². The number of benzene rings is 1. The monoisotopic (exact) mass is 329 g/mol. The van der Waals surface area contributed by atoms with Crippen molar-refractivity contribution in [1.29, 1.82) is 0 Å². The summed E-state index contributed by atoms with van der Waals surface area (Å²) in [6.45, 7) is 8.33. The van der Waals surface area contributed by atoms with E-state index in [4.69, 9.17) is 11.6 Å². The highest BCUT2D eigenvalue weighted by Gasteiger charge is 2.19. The fourth-order valence-corrected chi connectivity index (χ4v) is 3.33. The Morgan fingerprint density at radius 1 is 1.10 bits per heavy atom. The van der Waals surface area contributed by atoms with Gasteiger partial charge in [-0.25, -0.2) is 0 Å². The summed E-state index contributed by atoms with van der Waals surface area (Å²) >= 11 is 5.95. The molecule has 2 aliphatic rings. The average Bonchev–Trinajstić information content (AvgIpc) is 3.00. The lowest BCUT2D eigenvalue weighted by atomic mass is 10.0. The SMILES string of the molecule is Cl.Clc1ccc(N2CCN(CCC3CCNC3)CC2)cc1. The predicted molar refractivity (Wildman–Crippen MR) is 92.9 cm³/mol. The molecule has 21 heavy (non-hydrogen) atoms. The third kappa shape index (κ3) is 4.75. The molecule has 118 valence electrons. The molecule has 0 radical (unpaired) electrons. The Balaban J connectivity index is 0.00000161. The molecule has 0 bridgehead atoms. The van der Waals surface area contributed by atoms with Crippen LogP contribution in [0.3, 0.4) is 0 Å². The first-order valence-electron chi connectivity index (χ1n) is 7.75. The van der Waals surface area contributed by atoms with E-state index in [-0.39, 0.29) is 12.4 Å². The summed E-state index contributed by atoms with van der Waals surface area (Å²) in [4.78, 5) is 5.08. The molecule has 2 heterocycles. The Morgan fingerprint density at radius 2 is 1.81 bits per heavy atom. The number of anilines is 1. The van der Waals surface area contributed by atoms with E-state index < -0.39 is 0 Å². The maximum Gasteiger partial charge on any atom is 0.0407 e. The third-order valence-electron chi connectivity index (χ3n) is 4.58. The van der Waals surface area contributed by atoms with E-state index in [0.29, 0.717) is 0 Å². The second-order valence-corrected chi connectivity index (χ2v) is 6.39. The molecule has 1 N–H and O–H groups in total. The van der Waals surface area contributed by atoms with E-state index in [2.05, 4.69) is 27.2 Å². The van der Waals surface area contributed by atoms with Crippen molar-refractivity contribution in [2.75, 3.05) is 50.7 Å². The van der Waals surface area contributed by atoms with Gasteiger partial charge in [-0.15, -0.1) is 12.4 Å². The van der Waals surface area contributed by atoms with Crippen LogP contribution < -0.4 is 10.2 Å². The molecular weight excluding hydrogens is 305 g/mol. The molecule has 0 amide bonds. The molecule has 1 unspecified atom stereocenters. The van der Waals surface area contributed by atoms with Gasteiger partial charge < -0.3 is 10.2 Å². The van der Waals surface area contributed by atoms with Crippen molar-refractivity contribution in [1.82, 2.24) is 10.2 Å². The van der Waals surface area contributed by atoms with Crippen LogP contribution in [0.1, 0.15) is 12.8 Å². The second kappa shape index (κ2) is 8.23. The molecule has 1 atom stereocenters. The van der Waals surface area contributed by atoms with Crippen molar-refractivity contribution >= 4 is 29.7 Å². The first-order valence-corrected chi connectivity index (χ1v) is 8.12. The number of nitrogens with one attached hydrogen (secondary N) is 1. The zero-order chi connectivity index (χ0) is 13.8. The first kappa shape index (κ1) is 16.9. The maximum absolute atomic E-state index is 5.95. The minimum absolute atomic E-state index is 0. The van der Waals surface area contributed by atoms with Gasteiger partial charge in [0, 0.05) is 36.9 Å². The number of rotatable bonds is 4. The van der Waals surface area contributed by atoms with Crippen LogP contribution in [0.5, 0.6) is 0 Å². The lowest BCUT2D eigenvalue weighted by molar-refractivity contribution is 0.241. The van der Waals surface area contributed by atoms with Crippen molar-refractivity contribution < 1.29 is 0 Å². The van der Waals surface area contributed by atoms with Crippen LogP contribution in [-0.4, -0.2) is 50.7 Å². The van der Waals surface area contributed by atoms with E-state index in [9.17, 15) is 0 Å². The molecule has 1 aromatic carbocycles. The standard InChI is InChI=1S/C16H24ClN3.ClH/c17-15-1-3-16(4-2-15)20-11-9-19(10-12-20)8-6-14-5-7-18-13-14;/h1-4,14,18H,5-13H2;1H. The van der Waals surface area contributed by atoms with Gasteiger partial charge in [-0.05, 0) is 62.7 Å². The van der Waals surface area contributed by atoms with Crippen LogP contribution in [0.25, 0.3) is 0 Å². The summed E-state index contributed by atoms with van der Waals surface area (Å²) in [5.74, 6) is 0.907. The Hall–Kier alpha value is -0.480. The highest BCUT2D eigenvalue weighted by atomic mass is 35.5. The van der Waals surface area contributed by atoms with E-state index in [1.807, 2.05) is 12.1 Å². The number of hydrogen-bond donors (Lipinski definition) is 1. The molecule has 2 aliphatic heterocycles. The van der Waals surface area contributed by atoms with Gasteiger partial charge in [0.2, 0.25) is 0 Å². The number of nitrogens with zero attached hydrogens (tertiary/aromatic N) is 2. The molecule has 3 nitrogen and oxygen atoms in total. The molecule has 0 aromatic heterocycles. The van der Waals surface area contributed by atoms with Gasteiger partial charge in [0.25, 0.3) is 0 Å². The lowest BCUT2D eigenvalue weighted by Gasteiger charge is -2.36. The van der Waals surface area contributed by atoms with Crippen LogP contribution in [0.4, 0.5) is 5.69 Å². The topological polar surface area (TPSA) is 18.5 Å². The highest BCUT2D eigenvalue weighted by Crippen LogP contribution is 2.20. The summed E-state index contributed by atoms with van der Waals surface area (Å²) in [7, 11) is 0. The molecule has 0 saturated carbocycles. The molecule has 2 fully saturated rings. The van der Waals surface area contributed by atoms with Crippen molar-refractivity contribution in [3.8, 4) is 0 Å². The van der Waals surface area contributed by atoms with Gasteiger partial charge in [-0.2, -0.15) is 0 Å². The normalized spacial score (nSPS) is 23.1. The summed E-state index contributed by atoms with van der Waals surface area (Å²) < 4.78 is 0. The Kier molecular flexibility index (Phi) is 6.62. The summed E-state index contributed by atoms with van der Waals surface area (Å²) in [6, 6.07) is 8.22. The van der Waals surface area contributed by atoms with E-state index >= 15 is 0 Å². The van der Waals surface area contributed by atoms with E-state index in [0.717, 1.165) is 24.0 Å². The third-order valence-corrected chi connectivity index (χ3v) is 4.83. The number of hydrogen-bond acceptors (Lipinski definition) is 3. The van der Waals surface area contributed by atoms with Crippen molar-refractivity contribution in [2.24, 2.45) is 5.92 Å². The number of halogens is 2. The van der Waals surface area contributed by atoms with Crippen molar-refractivity contribution in [2.45, 2.75) is 12.8 Å². The molecule has 5 heteroatoms. The predicted octanol–water partition coefficient (Wildman–Crippen LogP) is 2.88. The fraction of sp³-hybridized carbons (Fsp3) is 0.625. The van der Waals surface area contributed by atoms with Crippen LogP contribution in [-0.2, 0) is 0 Å². The van der Waals surface area contributed by atoms with Gasteiger partial charge in [-0.1, -0.05) is 11.6 Å². The van der Waals surface area contributed by atoms with Crippen LogP contribution in [0.2, 0.25) is 5.02 Å². The Labute approximate surface area is 139 Å². The van der Waals surface area contributed by atoms with Gasteiger partial charge >= 0.3 is 0 Å². The first-order chi connectivity index (χ1) is 9.81. The molecule has 1 aromatic rings. The van der Waals surface area contributed by atoms with Crippen LogP contribution in [0, 0.1) is 5.92 Å². The second-order valence-electron chi connectivity index (χ2n) is 5.95. The lowest BCUT2D eigenvalue weighted by Crippen LogP contribution is -2.46. The van der Waals surface area contributed by atoms with Gasteiger partial charge in [0.15, 0.2) is 0 Å². The molecule has 3 rings (SSSR count). The average molecular weight is 330 g/mol. The summed E-state index contributed by atoms with van der Waals surface area (Å²) in [6.07, 6.45) is 2.72. The van der Waals surface area contributed by atoms with Crippen LogP contribution >= 0.6 is 24.0 Å². The number of piperazine rings is 1. The zero-order valence-electron chi connectivity index (χ0n) is 12.4. The molecular formula is C16H25Cl2N3. The highest BCUT2D eigenvalue weighted by molar-refractivity contribution is 6.30. The molecule has 0 aliphatic carbocycles. The molecule has 2 saturated heterocycles. The quantitative estimate of drug-likeness (QED) is 0.916. The Bertz CT molecular complexity index is 410. The largest absolute Gasteiger partial charge is 0.369 e. The van der Waals surface area contributed by atoms with Crippen LogP contribution in [0.15, 0.2) is 24.3 Å². The maximum atomic E-state index is 5.95. The van der Waals surface area contributed by atoms with Gasteiger partial charge in [0.05, 0.1) is 0 Å². The van der Waals surface area contributed by atoms with Crippen molar-refractivity contribution in [3.63, 3.8) is 0 Å².